The lowest BCUT2D eigenvalue weighted by Crippen LogP contribution is -2.52. The summed E-state index contributed by atoms with van der Waals surface area (Å²) in [6.45, 7) is 6.68. The van der Waals surface area contributed by atoms with Crippen molar-refractivity contribution in [1.82, 2.24) is 19.2 Å². The number of nitrogens with zero attached hydrogens (tertiary/aromatic N) is 3. The summed E-state index contributed by atoms with van der Waals surface area (Å²) in [5.74, 6) is -0.698. The Hall–Kier alpha value is -3.70. The van der Waals surface area contributed by atoms with Gasteiger partial charge in [0.15, 0.2) is 0 Å². The molecule has 0 saturated carbocycles. The monoisotopic (exact) mass is 565 g/mol. The van der Waals surface area contributed by atoms with Crippen molar-refractivity contribution in [3.05, 3.63) is 75.7 Å². The van der Waals surface area contributed by atoms with Crippen molar-refractivity contribution in [3.63, 3.8) is 0 Å². The number of carboxylic acid groups (broad SMARTS) is 1. The van der Waals surface area contributed by atoms with Crippen molar-refractivity contribution in [3.8, 4) is 0 Å². The maximum absolute atomic E-state index is 13.3. The van der Waals surface area contributed by atoms with Gasteiger partial charge in [0.25, 0.3) is 5.91 Å². The number of sulfonamides is 1. The Morgan fingerprint density at radius 1 is 1.12 bits per heavy atom. The van der Waals surface area contributed by atoms with Gasteiger partial charge in [0, 0.05) is 38.1 Å². The number of amides is 1. The highest BCUT2D eigenvalue weighted by Crippen LogP contribution is 2.24. The van der Waals surface area contributed by atoms with Crippen LogP contribution in [0.25, 0.3) is 0 Å². The van der Waals surface area contributed by atoms with Crippen LogP contribution in [-0.4, -0.2) is 65.5 Å². The number of anilines is 1. The number of aryl methyl sites for hydroxylation is 6. The number of aliphatic carboxylic acids is 1. The van der Waals surface area contributed by atoms with Crippen molar-refractivity contribution < 1.29 is 23.1 Å². The first-order valence-electron chi connectivity index (χ1n) is 13.6. The maximum Gasteiger partial charge on any atom is 0.323 e. The number of benzene rings is 1. The molecule has 11 heteroatoms. The smallest absolute Gasteiger partial charge is 0.323 e. The molecule has 4 heterocycles. The normalized spacial score (nSPS) is 15.8. The molecule has 3 N–H and O–H groups in total. The summed E-state index contributed by atoms with van der Waals surface area (Å²) in [6.07, 6.45) is 5.56. The quantitative estimate of drug-likeness (QED) is 0.363. The van der Waals surface area contributed by atoms with E-state index in [1.165, 1.54) is 10.5 Å². The molecule has 0 fully saturated rings. The fourth-order valence-corrected chi connectivity index (χ4v) is 7.37. The zero-order chi connectivity index (χ0) is 28.6. The lowest BCUT2D eigenvalue weighted by molar-refractivity contribution is -0.139. The zero-order valence-electron chi connectivity index (χ0n) is 23.0. The molecule has 10 nitrogen and oxygen atoms in total. The third-order valence-corrected chi connectivity index (χ3v) is 9.34. The second-order valence-corrected chi connectivity index (χ2v) is 12.4. The Morgan fingerprint density at radius 3 is 2.60 bits per heavy atom. The second-order valence-electron chi connectivity index (χ2n) is 10.8. The van der Waals surface area contributed by atoms with E-state index >= 15 is 0 Å². The highest BCUT2D eigenvalue weighted by atomic mass is 32.2. The van der Waals surface area contributed by atoms with Gasteiger partial charge in [-0.25, -0.2) is 13.4 Å². The number of carbonyl (C=O) groups is 2. The minimum absolute atomic E-state index is 0.0667. The van der Waals surface area contributed by atoms with E-state index in [4.69, 9.17) is 4.98 Å². The van der Waals surface area contributed by atoms with Gasteiger partial charge in [-0.1, -0.05) is 23.8 Å². The van der Waals surface area contributed by atoms with Crippen LogP contribution in [0.3, 0.4) is 0 Å². The van der Waals surface area contributed by atoms with Crippen LogP contribution in [0.2, 0.25) is 0 Å². The Bertz CT molecular complexity index is 1560. The molecule has 40 heavy (non-hydrogen) atoms. The molecule has 0 bridgehead atoms. The predicted octanol–water partition coefficient (Wildman–Crippen LogP) is 2.84. The van der Waals surface area contributed by atoms with Crippen LogP contribution >= 0.6 is 0 Å². The first-order valence-corrected chi connectivity index (χ1v) is 15.0. The molecule has 1 aromatic carbocycles. The number of pyridine rings is 1. The minimum atomic E-state index is -4.13. The van der Waals surface area contributed by atoms with Gasteiger partial charge in [0.2, 0.25) is 10.0 Å². The van der Waals surface area contributed by atoms with Gasteiger partial charge in [0.1, 0.15) is 17.6 Å². The van der Waals surface area contributed by atoms with E-state index in [1.807, 2.05) is 23.8 Å². The lowest BCUT2D eigenvalue weighted by Gasteiger charge is -2.30. The summed E-state index contributed by atoms with van der Waals surface area (Å²) in [7, 11) is -4.13. The second kappa shape index (κ2) is 11.1. The molecule has 2 aliphatic heterocycles. The molecular weight excluding hydrogens is 530 g/mol. The molecule has 0 aliphatic carbocycles. The molecule has 1 atom stereocenters. The van der Waals surface area contributed by atoms with Gasteiger partial charge in [0.05, 0.1) is 4.90 Å². The number of carbonyl (C=O) groups excluding carboxylic acids is 1. The number of carboxylic acids is 1. The van der Waals surface area contributed by atoms with Crippen LogP contribution in [0, 0.1) is 20.8 Å². The molecule has 0 radical (unpaired) electrons. The standard InChI is InChI=1S/C29H35N5O5S/c1-18-13-19(2)26(20(3)14-18)40(38,39)32-24(29(36)37)17-34-12-11-33-16-21(15-25(33)28(34)35)6-8-23-9-7-22-5-4-10-30-27(22)31-23/h7,9,13-16,24,32H,4-6,8,10-12,17H2,1-3H3,(H,30,31)(H,36,37). The Morgan fingerprint density at radius 2 is 1.88 bits per heavy atom. The first-order chi connectivity index (χ1) is 19.0. The topological polar surface area (TPSA) is 134 Å². The summed E-state index contributed by atoms with van der Waals surface area (Å²) in [6, 6.07) is 8.03. The van der Waals surface area contributed by atoms with Crippen molar-refractivity contribution in [2.24, 2.45) is 0 Å². The third-order valence-electron chi connectivity index (χ3n) is 7.56. The number of rotatable bonds is 9. The zero-order valence-corrected chi connectivity index (χ0v) is 23.8. The van der Waals surface area contributed by atoms with E-state index in [2.05, 4.69) is 22.2 Å². The summed E-state index contributed by atoms with van der Waals surface area (Å²) in [5.41, 5.74) is 5.69. The lowest BCUT2D eigenvalue weighted by atomic mass is 10.1. The maximum atomic E-state index is 13.3. The molecule has 0 spiro atoms. The molecular formula is C29H35N5O5S. The van der Waals surface area contributed by atoms with Crippen molar-refractivity contribution >= 4 is 27.7 Å². The van der Waals surface area contributed by atoms with Gasteiger partial charge >= 0.3 is 5.97 Å². The number of hydrogen-bond donors (Lipinski definition) is 3. The van der Waals surface area contributed by atoms with Crippen molar-refractivity contribution in [1.29, 1.82) is 0 Å². The van der Waals surface area contributed by atoms with Crippen LogP contribution in [0.1, 0.15) is 50.4 Å². The van der Waals surface area contributed by atoms with Gasteiger partial charge in [-0.05, 0) is 80.8 Å². The summed E-state index contributed by atoms with van der Waals surface area (Å²) >= 11 is 0. The largest absolute Gasteiger partial charge is 0.480 e. The summed E-state index contributed by atoms with van der Waals surface area (Å²) in [5, 5.41) is 13.2. The molecule has 2 aromatic heterocycles. The molecule has 3 aromatic rings. The van der Waals surface area contributed by atoms with E-state index in [1.54, 1.807) is 26.0 Å². The molecule has 1 unspecified atom stereocenters. The van der Waals surface area contributed by atoms with E-state index in [9.17, 15) is 23.1 Å². The SMILES string of the molecule is Cc1cc(C)c(S(=O)(=O)NC(CN2CCn3cc(CCc4ccc5c(n4)NCCC5)cc3C2=O)C(=O)O)c(C)c1. The number of fused-ring (bicyclic) bond motifs is 2. The average Bonchev–Trinajstić information content (AvgIpc) is 3.31. The molecule has 0 saturated heterocycles. The van der Waals surface area contributed by atoms with Crippen LogP contribution in [0.5, 0.6) is 0 Å². The van der Waals surface area contributed by atoms with Crippen LogP contribution in [-0.2, 0) is 40.6 Å². The van der Waals surface area contributed by atoms with E-state index < -0.39 is 22.0 Å². The van der Waals surface area contributed by atoms with Crippen LogP contribution < -0.4 is 10.0 Å². The van der Waals surface area contributed by atoms with E-state index in [-0.39, 0.29) is 23.9 Å². The highest BCUT2D eigenvalue weighted by molar-refractivity contribution is 7.89. The Labute approximate surface area is 234 Å². The minimum Gasteiger partial charge on any atom is -0.480 e. The van der Waals surface area contributed by atoms with Crippen LogP contribution in [0.15, 0.2) is 41.4 Å². The Kier molecular flexibility index (Phi) is 7.70. The number of hydrogen-bond acceptors (Lipinski definition) is 6. The number of nitrogens with one attached hydrogen (secondary N) is 2. The third kappa shape index (κ3) is 5.75. The summed E-state index contributed by atoms with van der Waals surface area (Å²) < 4.78 is 30.6. The fraction of sp³-hybridized carbons (Fsp3) is 0.414. The van der Waals surface area contributed by atoms with Gasteiger partial charge in [-0.3, -0.25) is 9.59 Å². The van der Waals surface area contributed by atoms with Gasteiger partial charge in [-0.15, -0.1) is 0 Å². The molecule has 1 amide bonds. The van der Waals surface area contributed by atoms with E-state index in [0.717, 1.165) is 48.4 Å². The Balaban J connectivity index is 1.27. The average molecular weight is 566 g/mol. The molecule has 212 valence electrons. The van der Waals surface area contributed by atoms with Crippen molar-refractivity contribution in [2.75, 3.05) is 25.0 Å². The predicted molar refractivity (Wildman–Crippen MR) is 151 cm³/mol. The fourth-order valence-electron chi connectivity index (χ4n) is 5.74. The first kappa shape index (κ1) is 27.9. The van der Waals surface area contributed by atoms with Gasteiger partial charge < -0.3 is 19.9 Å². The molecule has 2 aliphatic rings. The molecule has 5 rings (SSSR count). The van der Waals surface area contributed by atoms with E-state index in [0.29, 0.717) is 29.8 Å². The summed E-state index contributed by atoms with van der Waals surface area (Å²) in [4.78, 5) is 31.6. The van der Waals surface area contributed by atoms with Gasteiger partial charge in [-0.2, -0.15) is 4.72 Å². The highest BCUT2D eigenvalue weighted by Gasteiger charge is 2.33. The van der Waals surface area contributed by atoms with Crippen LogP contribution in [0.4, 0.5) is 5.82 Å². The van der Waals surface area contributed by atoms with Crippen molar-refractivity contribution in [2.45, 2.75) is 63.9 Å². The number of aromatic nitrogens is 2.